The monoisotopic (exact) mass is 282 g/mol. The molecule has 16 heavy (non-hydrogen) atoms. The van der Waals surface area contributed by atoms with E-state index in [9.17, 15) is 0 Å². The number of nitrogens with zero attached hydrogens (tertiary/aromatic N) is 2. The summed E-state index contributed by atoms with van der Waals surface area (Å²) in [6.07, 6.45) is 3.52. The van der Waals surface area contributed by atoms with E-state index in [1.807, 2.05) is 25.1 Å². The van der Waals surface area contributed by atoms with Gasteiger partial charge in [-0.2, -0.15) is 0 Å². The summed E-state index contributed by atoms with van der Waals surface area (Å²) in [7, 11) is 0. The molecular weight excluding hydrogens is 267 g/mol. The average Bonchev–Trinajstić information content (AvgIpc) is 2.34. The van der Waals surface area contributed by atoms with E-state index in [0.29, 0.717) is 6.54 Å². The topological polar surface area (TPSA) is 49.3 Å². The first kappa shape index (κ1) is 12.6. The minimum absolute atomic E-state index is 0.688. The van der Waals surface area contributed by atoms with Crippen LogP contribution in [0.25, 0.3) is 0 Å². The predicted octanol–water partition coefficient (Wildman–Crippen LogP) is 0.427. The Kier molecular flexibility index (Phi) is 5.46. The fourth-order valence-electron chi connectivity index (χ4n) is 0.973. The molecule has 0 unspecified atom stereocenters. The van der Waals surface area contributed by atoms with Gasteiger partial charge in [0, 0.05) is 0 Å². The zero-order valence-electron chi connectivity index (χ0n) is 9.10. The van der Waals surface area contributed by atoms with Crippen molar-refractivity contribution in [1.82, 2.24) is 15.7 Å². The SMILES string of the molecule is C=CCNC(=[Se])NN=C(C)c1ccccn1. The molecule has 2 N–H and O–H groups in total. The van der Waals surface area contributed by atoms with Gasteiger partial charge >= 0.3 is 103 Å². The second-order valence-corrected chi connectivity index (χ2v) is 3.88. The zero-order valence-corrected chi connectivity index (χ0v) is 10.8. The van der Waals surface area contributed by atoms with Gasteiger partial charge in [-0.15, -0.1) is 0 Å². The normalized spacial score (nSPS) is 10.7. The van der Waals surface area contributed by atoms with Crippen LogP contribution in [-0.4, -0.2) is 37.5 Å². The van der Waals surface area contributed by atoms with Crippen molar-refractivity contribution in [1.29, 1.82) is 0 Å². The van der Waals surface area contributed by atoms with Gasteiger partial charge in [-0.05, 0) is 0 Å². The van der Waals surface area contributed by atoms with Crippen molar-refractivity contribution in [3.8, 4) is 0 Å². The van der Waals surface area contributed by atoms with Crippen LogP contribution in [0.1, 0.15) is 12.6 Å². The molecular formula is C11H14N4Se. The zero-order chi connectivity index (χ0) is 11.8. The molecule has 0 bridgehead atoms. The van der Waals surface area contributed by atoms with E-state index in [2.05, 4.69) is 43.0 Å². The van der Waals surface area contributed by atoms with Crippen molar-refractivity contribution in [2.45, 2.75) is 6.92 Å². The Morgan fingerprint density at radius 2 is 2.44 bits per heavy atom. The Morgan fingerprint density at radius 1 is 1.62 bits per heavy atom. The molecule has 1 rings (SSSR count). The molecule has 1 aromatic heterocycles. The van der Waals surface area contributed by atoms with E-state index < -0.39 is 0 Å². The third kappa shape index (κ3) is 4.38. The van der Waals surface area contributed by atoms with Crippen molar-refractivity contribution in [2.75, 3.05) is 6.54 Å². The Balaban J connectivity index is 2.51. The van der Waals surface area contributed by atoms with Gasteiger partial charge in [-0.3, -0.25) is 0 Å². The third-order valence-corrected chi connectivity index (χ3v) is 2.26. The molecule has 0 spiro atoms. The second kappa shape index (κ2) is 6.93. The minimum atomic E-state index is 0.688. The van der Waals surface area contributed by atoms with E-state index in [0.717, 1.165) is 16.1 Å². The van der Waals surface area contributed by atoms with Crippen LogP contribution >= 0.6 is 0 Å². The van der Waals surface area contributed by atoms with Crippen LogP contribution in [0, 0.1) is 0 Å². The van der Waals surface area contributed by atoms with Crippen LogP contribution in [0.3, 0.4) is 0 Å². The van der Waals surface area contributed by atoms with Crippen LogP contribution < -0.4 is 10.7 Å². The van der Waals surface area contributed by atoms with Crippen LogP contribution in [0.2, 0.25) is 0 Å². The van der Waals surface area contributed by atoms with Crippen molar-refractivity contribution in [2.24, 2.45) is 5.10 Å². The van der Waals surface area contributed by atoms with Crippen LogP contribution in [0.5, 0.6) is 0 Å². The van der Waals surface area contributed by atoms with Gasteiger partial charge < -0.3 is 0 Å². The second-order valence-electron chi connectivity index (χ2n) is 3.02. The van der Waals surface area contributed by atoms with Crippen LogP contribution in [0.4, 0.5) is 0 Å². The number of hydrazone groups is 1. The number of hydrogen-bond acceptors (Lipinski definition) is 4. The first-order valence-corrected chi connectivity index (χ1v) is 5.70. The Hall–Kier alpha value is -1.45. The molecule has 4 nitrogen and oxygen atoms in total. The van der Waals surface area contributed by atoms with Crippen molar-refractivity contribution in [3.63, 3.8) is 0 Å². The number of aromatic nitrogens is 1. The summed E-state index contributed by atoms with van der Waals surface area (Å²) in [6.45, 7) is 6.20. The van der Waals surface area contributed by atoms with Crippen molar-refractivity contribution < 1.29 is 0 Å². The quantitative estimate of drug-likeness (QED) is 0.344. The molecule has 0 aromatic carbocycles. The molecule has 1 aromatic rings. The van der Waals surface area contributed by atoms with E-state index in [-0.39, 0.29) is 0 Å². The van der Waals surface area contributed by atoms with E-state index in [1.54, 1.807) is 12.3 Å². The summed E-state index contributed by atoms with van der Waals surface area (Å²) in [5.74, 6) is 0. The first-order valence-electron chi connectivity index (χ1n) is 4.84. The Bertz CT molecular complexity index is 386. The van der Waals surface area contributed by atoms with Gasteiger partial charge in [-0.25, -0.2) is 0 Å². The van der Waals surface area contributed by atoms with Crippen molar-refractivity contribution >= 4 is 26.0 Å². The Morgan fingerprint density at radius 3 is 3.06 bits per heavy atom. The molecule has 5 heteroatoms. The fourth-order valence-corrected chi connectivity index (χ4v) is 1.24. The summed E-state index contributed by atoms with van der Waals surface area (Å²) in [5.41, 5.74) is 4.55. The van der Waals surface area contributed by atoms with E-state index in [4.69, 9.17) is 0 Å². The number of rotatable bonds is 6. The van der Waals surface area contributed by atoms with Gasteiger partial charge in [0.05, 0.1) is 0 Å². The number of hydrogen-bond donors (Lipinski definition) is 2. The van der Waals surface area contributed by atoms with E-state index >= 15 is 0 Å². The summed E-state index contributed by atoms with van der Waals surface area (Å²) in [6, 6.07) is 5.72. The molecule has 0 saturated carbocycles. The molecule has 0 aliphatic rings. The molecule has 0 amide bonds. The standard InChI is InChI=1S/C11H14N4Se/c1-3-7-13-11(16)15-14-9(2)10-6-4-5-8-12-10/h3-6,8H,1,7H2,2H3,(H2,13,15,16). The maximum atomic E-state index is 4.19. The summed E-state index contributed by atoms with van der Waals surface area (Å²) < 4.78 is 0.759. The molecule has 0 aliphatic carbocycles. The van der Waals surface area contributed by atoms with Crippen molar-refractivity contribution in [3.05, 3.63) is 42.7 Å². The van der Waals surface area contributed by atoms with Gasteiger partial charge in [-0.1, -0.05) is 0 Å². The van der Waals surface area contributed by atoms with Crippen LogP contribution in [0.15, 0.2) is 42.2 Å². The van der Waals surface area contributed by atoms with Gasteiger partial charge in [0.15, 0.2) is 0 Å². The summed E-state index contributed by atoms with van der Waals surface area (Å²) in [5, 5.41) is 7.23. The molecule has 0 saturated heterocycles. The summed E-state index contributed by atoms with van der Waals surface area (Å²) in [4.78, 5) is 4.19. The van der Waals surface area contributed by atoms with Crippen LogP contribution in [-0.2, 0) is 0 Å². The maximum absolute atomic E-state index is 4.19. The fraction of sp³-hybridized carbons (Fsp3) is 0.182. The van der Waals surface area contributed by atoms with Gasteiger partial charge in [0.1, 0.15) is 0 Å². The Labute approximate surface area is 103 Å². The molecule has 84 valence electrons. The van der Waals surface area contributed by atoms with Gasteiger partial charge in [0.25, 0.3) is 0 Å². The summed E-state index contributed by atoms with van der Waals surface area (Å²) >= 11 is 2.84. The number of pyridine rings is 1. The number of nitrogens with one attached hydrogen (secondary N) is 2. The molecule has 0 aliphatic heterocycles. The molecule has 0 fully saturated rings. The van der Waals surface area contributed by atoms with E-state index in [1.165, 1.54) is 0 Å². The average molecular weight is 281 g/mol. The molecule has 0 radical (unpaired) electrons. The van der Waals surface area contributed by atoms with Gasteiger partial charge in [0.2, 0.25) is 0 Å². The molecule has 1 heterocycles. The first-order chi connectivity index (χ1) is 7.74. The molecule has 0 atom stereocenters. The third-order valence-electron chi connectivity index (χ3n) is 1.77. The predicted molar refractivity (Wildman–Crippen MR) is 68.5 cm³/mol.